The van der Waals surface area contributed by atoms with E-state index in [1.54, 1.807) is 32.9 Å². The summed E-state index contributed by atoms with van der Waals surface area (Å²) >= 11 is 1.58. The highest BCUT2D eigenvalue weighted by Crippen LogP contribution is 2.38. The van der Waals surface area contributed by atoms with Crippen molar-refractivity contribution in [2.75, 3.05) is 19.8 Å². The molecule has 69 heavy (non-hydrogen) atoms. The van der Waals surface area contributed by atoms with E-state index < -0.39 is 80.3 Å². The van der Waals surface area contributed by atoms with Crippen LogP contribution in [0.1, 0.15) is 71.2 Å². The molecule has 0 saturated carbocycles. The fourth-order valence-corrected chi connectivity index (χ4v) is 8.77. The number of carbonyl (C=O) groups is 6. The summed E-state index contributed by atoms with van der Waals surface area (Å²) in [6.07, 6.45) is 8.55. The Hall–Kier alpha value is -6.37. The van der Waals surface area contributed by atoms with Crippen LogP contribution < -0.4 is 27.0 Å². The summed E-state index contributed by atoms with van der Waals surface area (Å²) in [6.45, 7) is 6.12. The molecule has 26 heteroatoms. The van der Waals surface area contributed by atoms with Crippen LogP contribution >= 0.6 is 19.2 Å². The number of hydrogen-bond acceptors (Lipinski definition) is 15. The summed E-state index contributed by atoms with van der Waals surface area (Å²) in [5.41, 5.74) is 7.34. The number of primary amides is 1. The number of aliphatic hydroxyl groups excluding tert-OH is 1. The van der Waals surface area contributed by atoms with Gasteiger partial charge in [0.2, 0.25) is 41.4 Å². The second-order valence-electron chi connectivity index (χ2n) is 16.6. The highest BCUT2D eigenvalue weighted by atomic mass is 32.1. The van der Waals surface area contributed by atoms with E-state index in [9.17, 15) is 48.2 Å². The molecule has 4 aromatic heterocycles. The molecule has 0 spiro atoms. The molecule has 9 N–H and O–H groups in total. The van der Waals surface area contributed by atoms with Gasteiger partial charge >= 0.3 is 7.82 Å². The molecule has 1 aliphatic heterocycles. The first-order chi connectivity index (χ1) is 32.8. The molecule has 1 aliphatic rings. The van der Waals surface area contributed by atoms with Crippen LogP contribution in [-0.4, -0.2) is 142 Å². The maximum Gasteiger partial charge on any atom is 0.469 e. The number of thiophene rings is 1. The number of nitrogens with zero attached hydrogens (tertiary/aromatic N) is 7. The van der Waals surface area contributed by atoms with Gasteiger partial charge in [0.05, 0.1) is 41.5 Å². The van der Waals surface area contributed by atoms with Gasteiger partial charge in [-0.2, -0.15) is 0 Å². The van der Waals surface area contributed by atoms with Crippen molar-refractivity contribution < 1.29 is 57.6 Å². The van der Waals surface area contributed by atoms with Gasteiger partial charge in [-0.25, -0.2) is 19.5 Å². The first-order valence-corrected chi connectivity index (χ1v) is 24.6. The number of phosphoric ester groups is 1. The van der Waals surface area contributed by atoms with E-state index >= 15 is 0 Å². The number of imidazole rings is 1. The van der Waals surface area contributed by atoms with E-state index in [0.717, 1.165) is 17.5 Å². The van der Waals surface area contributed by atoms with E-state index in [2.05, 4.69) is 45.9 Å². The molecule has 374 valence electrons. The largest absolute Gasteiger partial charge is 0.469 e. The fraction of sp³-hybridized carbons (Fsp3) is 0.488. The Morgan fingerprint density at radius 3 is 2.42 bits per heavy atom. The first-order valence-electron chi connectivity index (χ1n) is 22.2. The van der Waals surface area contributed by atoms with Gasteiger partial charge in [0, 0.05) is 50.7 Å². The van der Waals surface area contributed by atoms with Crippen molar-refractivity contribution in [1.29, 1.82) is 0 Å². The van der Waals surface area contributed by atoms with Crippen molar-refractivity contribution in [2.45, 2.75) is 109 Å². The summed E-state index contributed by atoms with van der Waals surface area (Å²) < 4.78 is 19.5. The topological polar surface area (TPSA) is 337 Å². The highest BCUT2D eigenvalue weighted by Gasteiger charge is 2.37. The van der Waals surface area contributed by atoms with Gasteiger partial charge in [-0.1, -0.05) is 25.1 Å². The molecule has 1 saturated heterocycles. The Bertz CT molecular complexity index is 2460. The van der Waals surface area contributed by atoms with Crippen LogP contribution in [0.5, 0.6) is 0 Å². The van der Waals surface area contributed by atoms with E-state index in [4.69, 9.17) is 10.6 Å². The number of amides is 6. The minimum atomic E-state index is -5.14. The number of aliphatic hydroxyl groups is 1. The lowest BCUT2D eigenvalue weighted by atomic mass is 10.0. The van der Waals surface area contributed by atoms with Crippen LogP contribution in [0.4, 0.5) is 0 Å². The molecule has 5 rings (SSSR count). The number of rotatable bonds is 26. The van der Waals surface area contributed by atoms with E-state index in [1.807, 2.05) is 55.8 Å². The molecule has 0 radical (unpaired) electrons. The zero-order valence-electron chi connectivity index (χ0n) is 38.5. The van der Waals surface area contributed by atoms with E-state index in [1.165, 1.54) is 24.3 Å². The highest BCUT2D eigenvalue weighted by molar-refractivity contribution is 7.46. The maximum atomic E-state index is 14.1. The van der Waals surface area contributed by atoms with Crippen LogP contribution in [0.25, 0.3) is 16.5 Å². The van der Waals surface area contributed by atoms with Crippen molar-refractivity contribution in [3.8, 4) is 16.5 Å². The zero-order valence-corrected chi connectivity index (χ0v) is 40.3. The molecule has 0 aliphatic carbocycles. The second kappa shape index (κ2) is 25.3. The Balaban J connectivity index is 1.26. The fourth-order valence-electron chi connectivity index (χ4n) is 7.51. The van der Waals surface area contributed by atoms with Gasteiger partial charge in [0.1, 0.15) is 36.8 Å². The average Bonchev–Trinajstić information content (AvgIpc) is 4.14. The third kappa shape index (κ3) is 15.8. The number of hydrogen-bond donors (Lipinski definition) is 8. The van der Waals surface area contributed by atoms with Crippen molar-refractivity contribution >= 4 is 60.8 Å². The predicted octanol–water partition coefficient (Wildman–Crippen LogP) is 0.537. The molecule has 5 heterocycles. The number of carbonyl (C=O) groups excluding carboxylic acids is 6. The molecule has 6 atom stereocenters. The molecule has 1 fully saturated rings. The van der Waals surface area contributed by atoms with Gasteiger partial charge in [-0.3, -0.25) is 37.9 Å². The third-order valence-electron chi connectivity index (χ3n) is 10.9. The average molecular weight is 999 g/mol. The number of likely N-dealkylation sites (tertiary alicyclic amines) is 1. The first kappa shape index (κ1) is 53.6. The lowest BCUT2D eigenvalue weighted by Crippen LogP contribution is -2.61. The van der Waals surface area contributed by atoms with Gasteiger partial charge in [0.15, 0.2) is 0 Å². The minimum Gasteiger partial charge on any atom is -0.396 e. The number of nitrogens with one attached hydrogen (secondary N) is 4. The lowest BCUT2D eigenvalue weighted by Gasteiger charge is -2.28. The summed E-state index contributed by atoms with van der Waals surface area (Å²) in [7, 11) is -5.14. The number of aryl methyl sites for hydroxylation is 1. The van der Waals surface area contributed by atoms with Crippen molar-refractivity contribution in [3.63, 3.8) is 0 Å². The number of unbranched alkanes of at least 4 members (excludes halogenated alkanes) is 1. The lowest BCUT2D eigenvalue weighted by molar-refractivity contribution is -0.139. The van der Waals surface area contributed by atoms with Crippen LogP contribution in [0.3, 0.4) is 0 Å². The molecule has 4 aromatic rings. The smallest absolute Gasteiger partial charge is 0.396 e. The number of phosphoric acid groups is 1. The SMILES string of the molecule is CC(=O)N1CCC[C@H]1C(=O)N[C@@H](CC(C)C)C(=O)N[C@@H](Cc1cncn1CCCCO/N=C\c1cccn1-c1nccc(-c2cccs2)n1)C(=O)N[C@@H](CO)C(=O)N[C@H](C(N)=O)[C@@H](C)OP(=O)(O)O. The molecule has 0 bridgehead atoms. The van der Waals surface area contributed by atoms with Gasteiger partial charge in [0.25, 0.3) is 0 Å². The predicted molar refractivity (Wildman–Crippen MR) is 250 cm³/mol. The molecule has 24 nitrogen and oxygen atoms in total. The van der Waals surface area contributed by atoms with Crippen LogP contribution in [-0.2, 0) is 55.7 Å². The van der Waals surface area contributed by atoms with Crippen LogP contribution in [0.2, 0.25) is 0 Å². The Morgan fingerprint density at radius 2 is 1.74 bits per heavy atom. The van der Waals surface area contributed by atoms with Crippen molar-refractivity contribution in [1.82, 2.24) is 50.3 Å². The van der Waals surface area contributed by atoms with Crippen molar-refractivity contribution in [2.24, 2.45) is 16.8 Å². The number of nitrogens with two attached hydrogens (primary N) is 1. The quantitative estimate of drug-likeness (QED) is 0.0184. The monoisotopic (exact) mass is 998 g/mol. The normalized spacial score (nSPS) is 16.1. The Labute approximate surface area is 401 Å². The van der Waals surface area contributed by atoms with Gasteiger partial charge in [-0.05, 0) is 74.6 Å². The summed E-state index contributed by atoms with van der Waals surface area (Å²) in [6, 6.07) is 2.51. The molecule has 6 amide bonds. The number of aromatic nitrogens is 5. The Morgan fingerprint density at radius 1 is 1.00 bits per heavy atom. The zero-order chi connectivity index (χ0) is 50.3. The van der Waals surface area contributed by atoms with E-state index in [0.29, 0.717) is 56.1 Å². The van der Waals surface area contributed by atoms with E-state index in [-0.39, 0.29) is 31.3 Å². The van der Waals surface area contributed by atoms with Crippen LogP contribution in [0.15, 0.2) is 65.8 Å². The maximum absolute atomic E-state index is 14.1. The van der Waals surface area contributed by atoms with Gasteiger partial charge in [-0.15, -0.1) is 11.3 Å². The second-order valence-corrected chi connectivity index (χ2v) is 18.8. The molecular formula is C43H59N12O12PS. The Kier molecular flexibility index (Phi) is 19.6. The van der Waals surface area contributed by atoms with Crippen LogP contribution in [0, 0.1) is 5.92 Å². The third-order valence-corrected chi connectivity index (χ3v) is 12.4. The van der Waals surface area contributed by atoms with Gasteiger partial charge < -0.3 is 56.2 Å². The number of oxime groups is 1. The van der Waals surface area contributed by atoms with Crippen molar-refractivity contribution in [3.05, 3.63) is 72.0 Å². The molecular weight excluding hydrogens is 940 g/mol. The summed E-state index contributed by atoms with van der Waals surface area (Å²) in [5.74, 6) is -4.58. The summed E-state index contributed by atoms with van der Waals surface area (Å²) in [4.78, 5) is 119. The molecule has 0 unspecified atom stereocenters. The summed E-state index contributed by atoms with van der Waals surface area (Å²) in [5, 5.41) is 26.3. The standard InChI is InChI=1S/C43H59N12O12PS/c1-26(2)20-32(49-42(62)35-11-8-16-54(35)28(4)57)39(59)48-33(40(60)50-34(24-56)41(61)52-37(38(44)58)27(3)67-68(63,64)65)21-30-22-45-25-53(30)15-5-6-18-66-47-23-29-10-7-17-55(29)43-46-14-13-31(51-43)36-12-9-19-69-36/h7,9-10,12-14,17,19,22-23,25-27,32-35,37,56H,5-6,8,11,15-16,18,20-21,24H2,1-4H3,(H2,44,58)(H,48,59)(H,49,62)(H,50,60)(H,52,61)(H2,63,64,65)/b47-23-/t27-,32+,33+,34+,35+,37+/m1/s1. The minimum absolute atomic E-state index is 0.116. The molecule has 0 aromatic carbocycles.